The van der Waals surface area contributed by atoms with Crippen LogP contribution in [0.15, 0.2) is 30.9 Å². The molecule has 1 fully saturated rings. The first-order valence-electron chi connectivity index (χ1n) is 7.01. The van der Waals surface area contributed by atoms with Gasteiger partial charge in [-0.05, 0) is 30.5 Å². The largest absolute Gasteiger partial charge is 0.462 e. The minimum Gasteiger partial charge on any atom is -0.462 e. The van der Waals surface area contributed by atoms with Crippen LogP contribution in [0.3, 0.4) is 0 Å². The normalized spacial score (nSPS) is 18.2. The fourth-order valence-corrected chi connectivity index (χ4v) is 2.74. The molecule has 0 unspecified atom stereocenters. The molecule has 1 aliphatic carbocycles. The molecule has 1 saturated carbocycles. The van der Waals surface area contributed by atoms with Gasteiger partial charge >= 0.3 is 5.97 Å². The third-order valence-electron chi connectivity index (χ3n) is 3.77. The molecule has 0 N–H and O–H groups in total. The van der Waals surface area contributed by atoms with Crippen LogP contribution in [-0.4, -0.2) is 18.4 Å². The van der Waals surface area contributed by atoms with E-state index >= 15 is 0 Å². The molecule has 0 saturated heterocycles. The van der Waals surface area contributed by atoms with Crippen LogP contribution in [0, 0.1) is 0 Å². The second kappa shape index (κ2) is 5.19. The summed E-state index contributed by atoms with van der Waals surface area (Å²) in [7, 11) is 0. The zero-order valence-corrected chi connectivity index (χ0v) is 11.4. The van der Waals surface area contributed by atoms with Gasteiger partial charge < -0.3 is 14.2 Å². The fraction of sp³-hybridized carbons (Fsp3) is 0.438. The Hall–Kier alpha value is -1.97. The molecule has 0 atom stereocenters. The van der Waals surface area contributed by atoms with Crippen molar-refractivity contribution in [1.82, 2.24) is 0 Å². The molecule has 2 aliphatic rings. The molecular formula is C16H18O4. The molecule has 4 heteroatoms. The van der Waals surface area contributed by atoms with Gasteiger partial charge in [0.25, 0.3) is 5.79 Å². The Morgan fingerprint density at radius 2 is 2.05 bits per heavy atom. The number of rotatable bonds is 4. The van der Waals surface area contributed by atoms with Crippen molar-refractivity contribution in [2.45, 2.75) is 37.9 Å². The average molecular weight is 274 g/mol. The number of fused-ring (bicyclic) bond motifs is 1. The number of ether oxygens (including phenoxy) is 3. The van der Waals surface area contributed by atoms with E-state index in [-0.39, 0.29) is 0 Å². The van der Waals surface area contributed by atoms with E-state index in [1.165, 1.54) is 6.08 Å². The third-order valence-corrected chi connectivity index (χ3v) is 3.77. The Kier molecular flexibility index (Phi) is 3.38. The van der Waals surface area contributed by atoms with Crippen LogP contribution < -0.4 is 9.47 Å². The van der Waals surface area contributed by atoms with Crippen LogP contribution in [0.5, 0.6) is 11.5 Å². The predicted molar refractivity (Wildman–Crippen MR) is 73.8 cm³/mol. The Morgan fingerprint density at radius 1 is 1.30 bits per heavy atom. The quantitative estimate of drug-likeness (QED) is 0.625. The summed E-state index contributed by atoms with van der Waals surface area (Å²) in [5.41, 5.74) is 1.07. The molecule has 1 spiro atoms. The van der Waals surface area contributed by atoms with Crippen LogP contribution in [0.1, 0.15) is 31.2 Å². The van der Waals surface area contributed by atoms with Gasteiger partial charge in [0.2, 0.25) is 0 Å². The molecule has 1 aromatic rings. The molecule has 0 aromatic heterocycles. The van der Waals surface area contributed by atoms with E-state index in [0.29, 0.717) is 13.0 Å². The molecule has 3 rings (SSSR count). The number of carbonyl (C=O) groups excluding carboxylic acids is 1. The molecule has 4 nitrogen and oxygen atoms in total. The minimum atomic E-state index is -0.420. The predicted octanol–water partition coefficient (Wildman–Crippen LogP) is 3.00. The number of esters is 1. The molecular weight excluding hydrogens is 256 g/mol. The van der Waals surface area contributed by atoms with Crippen molar-refractivity contribution in [1.29, 1.82) is 0 Å². The van der Waals surface area contributed by atoms with Gasteiger partial charge in [-0.25, -0.2) is 4.79 Å². The van der Waals surface area contributed by atoms with Crippen LogP contribution in [0.25, 0.3) is 0 Å². The van der Waals surface area contributed by atoms with Crippen LogP contribution in [0.4, 0.5) is 0 Å². The summed E-state index contributed by atoms with van der Waals surface area (Å²) in [5, 5.41) is 0. The van der Waals surface area contributed by atoms with E-state index in [0.717, 1.165) is 42.7 Å². The molecule has 1 heterocycles. The highest BCUT2D eigenvalue weighted by atomic mass is 16.7. The zero-order chi connectivity index (χ0) is 14.0. The lowest BCUT2D eigenvalue weighted by Gasteiger charge is -2.21. The van der Waals surface area contributed by atoms with E-state index in [4.69, 9.17) is 14.2 Å². The second-order valence-electron chi connectivity index (χ2n) is 5.22. The maximum absolute atomic E-state index is 11.0. The van der Waals surface area contributed by atoms with Crippen molar-refractivity contribution < 1.29 is 19.0 Å². The highest BCUT2D eigenvalue weighted by Gasteiger charge is 2.43. The lowest BCUT2D eigenvalue weighted by atomic mass is 10.1. The van der Waals surface area contributed by atoms with E-state index in [9.17, 15) is 4.79 Å². The number of hydrogen-bond donors (Lipinski definition) is 0. The van der Waals surface area contributed by atoms with Gasteiger partial charge in [-0.1, -0.05) is 12.6 Å². The highest BCUT2D eigenvalue weighted by molar-refractivity contribution is 5.81. The molecule has 1 aromatic carbocycles. The third kappa shape index (κ3) is 2.50. The van der Waals surface area contributed by atoms with Crippen molar-refractivity contribution in [3.05, 3.63) is 36.4 Å². The van der Waals surface area contributed by atoms with E-state index in [1.807, 2.05) is 18.2 Å². The van der Waals surface area contributed by atoms with E-state index in [2.05, 4.69) is 6.58 Å². The average Bonchev–Trinajstić information content (AvgIpc) is 3.04. The van der Waals surface area contributed by atoms with Gasteiger partial charge in [0, 0.05) is 25.3 Å². The molecule has 0 bridgehead atoms. The summed E-state index contributed by atoms with van der Waals surface area (Å²) < 4.78 is 16.9. The lowest BCUT2D eigenvalue weighted by molar-refractivity contribution is -0.137. The SMILES string of the molecule is C=CC(=O)OCCc1ccc2c(c1)OC1(CCCC1)O2. The van der Waals surface area contributed by atoms with Gasteiger partial charge in [0.05, 0.1) is 6.61 Å². The van der Waals surface area contributed by atoms with Crippen molar-refractivity contribution >= 4 is 5.97 Å². The standard InChI is InChI=1S/C16H18O4/c1-2-15(17)18-10-7-12-5-6-13-14(11-12)20-16(19-13)8-3-4-9-16/h2,5-6,11H,1,3-4,7-10H2. The topological polar surface area (TPSA) is 44.8 Å². The van der Waals surface area contributed by atoms with Crippen LogP contribution in [-0.2, 0) is 16.0 Å². The maximum atomic E-state index is 11.0. The van der Waals surface area contributed by atoms with Crippen LogP contribution in [0.2, 0.25) is 0 Å². The first-order valence-corrected chi connectivity index (χ1v) is 7.01. The highest BCUT2D eigenvalue weighted by Crippen LogP contribution is 2.46. The first kappa shape index (κ1) is 13.0. The minimum absolute atomic E-state index is 0.343. The molecule has 0 radical (unpaired) electrons. The number of hydrogen-bond acceptors (Lipinski definition) is 4. The van der Waals surface area contributed by atoms with Crippen molar-refractivity contribution in [2.75, 3.05) is 6.61 Å². The van der Waals surface area contributed by atoms with E-state index < -0.39 is 11.8 Å². The van der Waals surface area contributed by atoms with Gasteiger partial charge in [0.1, 0.15) is 0 Å². The zero-order valence-electron chi connectivity index (χ0n) is 11.4. The maximum Gasteiger partial charge on any atom is 0.330 e. The summed E-state index contributed by atoms with van der Waals surface area (Å²) in [4.78, 5) is 11.0. The summed E-state index contributed by atoms with van der Waals surface area (Å²) in [5.74, 6) is 0.810. The Morgan fingerprint density at radius 3 is 2.80 bits per heavy atom. The molecule has 0 amide bonds. The number of benzene rings is 1. The van der Waals surface area contributed by atoms with Crippen LogP contribution >= 0.6 is 0 Å². The lowest BCUT2D eigenvalue weighted by Crippen LogP contribution is -2.34. The second-order valence-corrected chi connectivity index (χ2v) is 5.22. The first-order chi connectivity index (χ1) is 9.71. The summed E-state index contributed by atoms with van der Waals surface area (Å²) >= 11 is 0. The fourth-order valence-electron chi connectivity index (χ4n) is 2.74. The van der Waals surface area contributed by atoms with Gasteiger partial charge in [-0.15, -0.1) is 0 Å². The van der Waals surface area contributed by atoms with E-state index in [1.54, 1.807) is 0 Å². The van der Waals surface area contributed by atoms with Gasteiger partial charge in [-0.2, -0.15) is 0 Å². The monoisotopic (exact) mass is 274 g/mol. The Labute approximate surface area is 118 Å². The van der Waals surface area contributed by atoms with Crippen molar-refractivity contribution in [3.8, 4) is 11.5 Å². The van der Waals surface area contributed by atoms with Gasteiger partial charge in [0.15, 0.2) is 11.5 Å². The number of carbonyl (C=O) groups is 1. The Bertz CT molecular complexity index is 529. The Balaban J connectivity index is 1.63. The van der Waals surface area contributed by atoms with Crippen molar-refractivity contribution in [2.24, 2.45) is 0 Å². The molecule has 1 aliphatic heterocycles. The summed E-state index contributed by atoms with van der Waals surface area (Å²) in [6, 6.07) is 5.90. The van der Waals surface area contributed by atoms with Gasteiger partial charge in [-0.3, -0.25) is 0 Å². The smallest absolute Gasteiger partial charge is 0.330 e. The summed E-state index contributed by atoms with van der Waals surface area (Å²) in [6.45, 7) is 3.71. The molecule has 106 valence electrons. The molecule has 20 heavy (non-hydrogen) atoms. The van der Waals surface area contributed by atoms with Crippen molar-refractivity contribution in [3.63, 3.8) is 0 Å². The summed E-state index contributed by atoms with van der Waals surface area (Å²) in [6.07, 6.45) is 6.03.